The van der Waals surface area contributed by atoms with Gasteiger partial charge < -0.3 is 5.73 Å². The van der Waals surface area contributed by atoms with Gasteiger partial charge in [0.2, 0.25) is 10.0 Å². The Morgan fingerprint density at radius 1 is 1.10 bits per heavy atom. The molecule has 0 aliphatic heterocycles. The summed E-state index contributed by atoms with van der Waals surface area (Å²) in [6, 6.07) is 9.85. The van der Waals surface area contributed by atoms with Crippen LogP contribution in [0.4, 0.5) is 23.7 Å². The van der Waals surface area contributed by atoms with Gasteiger partial charge in [0.1, 0.15) is 0 Å². The summed E-state index contributed by atoms with van der Waals surface area (Å²) in [7, 11) is -2.54. The van der Waals surface area contributed by atoms with Crippen LogP contribution in [-0.2, 0) is 16.2 Å². The van der Waals surface area contributed by atoms with E-state index in [0.717, 1.165) is 15.6 Å². The zero-order valence-electron chi connectivity index (χ0n) is 16.4. The molecule has 1 aromatic heterocycles. The van der Waals surface area contributed by atoms with Gasteiger partial charge in [-0.1, -0.05) is 6.07 Å². The monoisotopic (exact) mass is 453 g/mol. The van der Waals surface area contributed by atoms with E-state index in [-0.39, 0.29) is 16.3 Å². The Morgan fingerprint density at radius 3 is 2.23 bits per heavy atom. The van der Waals surface area contributed by atoms with Crippen molar-refractivity contribution in [3.05, 3.63) is 59.8 Å². The smallest absolute Gasteiger partial charge is 0.351 e. The van der Waals surface area contributed by atoms with Crippen LogP contribution in [0.15, 0.2) is 53.4 Å². The predicted molar refractivity (Wildman–Crippen MR) is 108 cm³/mol. The van der Waals surface area contributed by atoms with Crippen LogP contribution in [0, 0.1) is 6.92 Å². The first-order chi connectivity index (χ1) is 14.3. The second-order valence-corrected chi connectivity index (χ2v) is 8.32. The van der Waals surface area contributed by atoms with Gasteiger partial charge in [0.25, 0.3) is 0 Å². The summed E-state index contributed by atoms with van der Waals surface area (Å²) in [5.74, 6) is 0. The predicted octanol–water partition coefficient (Wildman–Crippen LogP) is 3.03. The number of aryl methyl sites for hydroxylation is 1. The minimum atomic E-state index is -4.71. The molecular weight excluding hydrogens is 435 g/mol. The molecule has 3 rings (SSSR count). The third kappa shape index (κ3) is 4.54. The number of rotatable bonds is 4. The van der Waals surface area contributed by atoms with Crippen molar-refractivity contribution in [2.45, 2.75) is 18.0 Å². The van der Waals surface area contributed by atoms with Gasteiger partial charge >= 0.3 is 12.2 Å². The fourth-order valence-corrected chi connectivity index (χ4v) is 3.42. The standard InChI is InChI=1S/C19H18F3N5O3S/c1-11-3-4-13(26(2)18(23)28)9-15(11)16-10-17(19(20,21)22)25-27(16)12-5-7-14(8-6-12)31(24,29)30/h3-10H,1-2H3,(H2,23,28)(H2,24,29,30). The van der Waals surface area contributed by atoms with E-state index in [9.17, 15) is 26.4 Å². The third-order valence-electron chi connectivity index (χ3n) is 4.62. The van der Waals surface area contributed by atoms with Crippen molar-refractivity contribution in [2.75, 3.05) is 11.9 Å². The fourth-order valence-electron chi connectivity index (χ4n) is 2.91. The topological polar surface area (TPSA) is 124 Å². The van der Waals surface area contributed by atoms with E-state index >= 15 is 0 Å². The molecule has 1 heterocycles. The highest BCUT2D eigenvalue weighted by molar-refractivity contribution is 7.89. The number of nitrogens with two attached hydrogens (primary N) is 2. The Kier molecular flexibility index (Phi) is 5.54. The molecule has 0 fully saturated rings. The largest absolute Gasteiger partial charge is 0.435 e. The summed E-state index contributed by atoms with van der Waals surface area (Å²) in [4.78, 5) is 12.4. The first kappa shape index (κ1) is 22.3. The number of anilines is 1. The second kappa shape index (κ2) is 7.71. The van der Waals surface area contributed by atoms with Gasteiger partial charge in [-0.2, -0.15) is 18.3 Å². The van der Waals surface area contributed by atoms with E-state index in [1.165, 1.54) is 37.4 Å². The van der Waals surface area contributed by atoms with E-state index in [1.807, 2.05) is 0 Å². The maximum absolute atomic E-state index is 13.4. The van der Waals surface area contributed by atoms with Crippen molar-refractivity contribution >= 4 is 21.7 Å². The number of carbonyl (C=O) groups is 1. The van der Waals surface area contributed by atoms with Gasteiger partial charge in [0.05, 0.1) is 16.3 Å². The lowest BCUT2D eigenvalue weighted by Crippen LogP contribution is -2.31. The Hall–Kier alpha value is -3.38. The first-order valence-corrected chi connectivity index (χ1v) is 10.3. The van der Waals surface area contributed by atoms with E-state index in [4.69, 9.17) is 10.9 Å². The maximum Gasteiger partial charge on any atom is 0.435 e. The number of primary sulfonamides is 1. The molecule has 12 heteroatoms. The molecule has 2 amide bonds. The highest BCUT2D eigenvalue weighted by atomic mass is 32.2. The summed E-state index contributed by atoms with van der Waals surface area (Å²) in [5, 5.41) is 8.75. The van der Waals surface area contributed by atoms with E-state index < -0.39 is 27.9 Å². The number of sulfonamides is 1. The maximum atomic E-state index is 13.4. The molecule has 0 atom stereocenters. The van der Waals surface area contributed by atoms with Gasteiger partial charge in [-0.25, -0.2) is 23.0 Å². The number of carbonyl (C=O) groups excluding carboxylic acids is 1. The number of alkyl halides is 3. The fraction of sp³-hybridized carbons (Fsp3) is 0.158. The minimum absolute atomic E-state index is 0.0906. The number of amides is 2. The zero-order valence-corrected chi connectivity index (χ0v) is 17.2. The molecular formula is C19H18F3N5O3S. The summed E-state index contributed by atoms with van der Waals surface area (Å²) in [5.41, 5.74) is 5.81. The van der Waals surface area contributed by atoms with E-state index in [0.29, 0.717) is 16.8 Å². The molecule has 4 N–H and O–H groups in total. The lowest BCUT2D eigenvalue weighted by Gasteiger charge is -2.17. The van der Waals surface area contributed by atoms with Crippen LogP contribution >= 0.6 is 0 Å². The molecule has 0 aliphatic carbocycles. The third-order valence-corrected chi connectivity index (χ3v) is 5.55. The highest BCUT2D eigenvalue weighted by Gasteiger charge is 2.35. The average molecular weight is 453 g/mol. The number of aromatic nitrogens is 2. The summed E-state index contributed by atoms with van der Waals surface area (Å²) >= 11 is 0. The number of benzene rings is 2. The van der Waals surface area contributed by atoms with Crippen molar-refractivity contribution in [1.29, 1.82) is 0 Å². The molecule has 0 bridgehead atoms. The van der Waals surface area contributed by atoms with Gasteiger partial charge in [-0.05, 0) is 55.0 Å². The lowest BCUT2D eigenvalue weighted by molar-refractivity contribution is -0.141. The average Bonchev–Trinajstić information content (AvgIpc) is 3.13. The first-order valence-electron chi connectivity index (χ1n) is 8.73. The number of urea groups is 1. The highest BCUT2D eigenvalue weighted by Crippen LogP contribution is 2.35. The normalized spacial score (nSPS) is 12.1. The van der Waals surface area contributed by atoms with Gasteiger partial charge in [0.15, 0.2) is 5.69 Å². The van der Waals surface area contributed by atoms with Crippen molar-refractivity contribution in [3.63, 3.8) is 0 Å². The van der Waals surface area contributed by atoms with Gasteiger partial charge in [-0.15, -0.1) is 0 Å². The number of halogens is 3. The van der Waals surface area contributed by atoms with E-state index in [1.54, 1.807) is 19.1 Å². The Labute approximate surface area is 175 Å². The molecule has 0 aliphatic rings. The van der Waals surface area contributed by atoms with Crippen LogP contribution in [0.1, 0.15) is 11.3 Å². The van der Waals surface area contributed by atoms with Crippen LogP contribution in [-0.4, -0.2) is 31.3 Å². The number of primary amides is 1. The molecule has 2 aromatic carbocycles. The van der Waals surface area contributed by atoms with Crippen molar-refractivity contribution < 1.29 is 26.4 Å². The lowest BCUT2D eigenvalue weighted by atomic mass is 10.0. The number of hydrogen-bond donors (Lipinski definition) is 2. The zero-order chi connectivity index (χ0) is 23.1. The van der Waals surface area contributed by atoms with Crippen molar-refractivity contribution in [2.24, 2.45) is 10.9 Å². The van der Waals surface area contributed by atoms with Crippen LogP contribution in [0.25, 0.3) is 16.9 Å². The Bertz CT molecular complexity index is 1250. The molecule has 164 valence electrons. The molecule has 3 aromatic rings. The van der Waals surface area contributed by atoms with Crippen LogP contribution in [0.3, 0.4) is 0 Å². The summed E-state index contributed by atoms with van der Waals surface area (Å²) in [6.45, 7) is 1.69. The summed E-state index contributed by atoms with van der Waals surface area (Å²) < 4.78 is 64.2. The molecule has 0 unspecified atom stereocenters. The Morgan fingerprint density at radius 2 is 1.71 bits per heavy atom. The molecule has 8 nitrogen and oxygen atoms in total. The quantitative estimate of drug-likeness (QED) is 0.630. The molecule has 0 saturated carbocycles. The van der Waals surface area contributed by atoms with Gasteiger partial charge in [0, 0.05) is 18.3 Å². The molecule has 0 spiro atoms. The van der Waals surface area contributed by atoms with Crippen LogP contribution < -0.4 is 15.8 Å². The van der Waals surface area contributed by atoms with Crippen molar-refractivity contribution in [3.8, 4) is 16.9 Å². The van der Waals surface area contributed by atoms with E-state index in [2.05, 4.69) is 5.10 Å². The van der Waals surface area contributed by atoms with Gasteiger partial charge in [-0.3, -0.25) is 4.90 Å². The number of nitrogens with zero attached hydrogens (tertiary/aromatic N) is 3. The molecule has 0 saturated heterocycles. The number of hydrogen-bond acceptors (Lipinski definition) is 4. The molecule has 0 radical (unpaired) electrons. The summed E-state index contributed by atoms with van der Waals surface area (Å²) in [6.07, 6.45) is -4.71. The van der Waals surface area contributed by atoms with Crippen molar-refractivity contribution in [1.82, 2.24) is 9.78 Å². The van der Waals surface area contributed by atoms with Crippen LogP contribution in [0.5, 0.6) is 0 Å². The second-order valence-electron chi connectivity index (χ2n) is 6.76. The van der Waals surface area contributed by atoms with Crippen LogP contribution in [0.2, 0.25) is 0 Å². The SMILES string of the molecule is Cc1ccc(N(C)C(N)=O)cc1-c1cc(C(F)(F)F)nn1-c1ccc(S(N)(=O)=O)cc1. The molecule has 31 heavy (non-hydrogen) atoms. The Balaban J connectivity index is 2.23. The minimum Gasteiger partial charge on any atom is -0.351 e.